The Hall–Kier alpha value is -1.58. The van der Waals surface area contributed by atoms with Gasteiger partial charge in [-0.25, -0.2) is 0 Å². The second kappa shape index (κ2) is 3.71. The molecule has 0 bridgehead atoms. The van der Waals surface area contributed by atoms with Gasteiger partial charge in [0.05, 0.1) is 0 Å². The molecule has 0 spiro atoms. The van der Waals surface area contributed by atoms with E-state index in [9.17, 15) is 10.0 Å². The molecule has 1 heterocycles. The van der Waals surface area contributed by atoms with Crippen molar-refractivity contribution in [3.63, 3.8) is 0 Å². The molecule has 0 saturated heterocycles. The molecule has 0 atom stereocenters. The average molecular weight is 167 g/mol. The standard InChI is InChI=1S/C8H10N2O2/c1-7(11)9-6-8-4-2-3-5-10(8)12/h2-5H,6H2,1H3,(H-,9,11,12)/p+1. The molecule has 1 amide bonds. The first-order chi connectivity index (χ1) is 5.70. The van der Waals surface area contributed by atoms with E-state index in [0.717, 1.165) is 4.73 Å². The van der Waals surface area contributed by atoms with Crippen molar-refractivity contribution < 1.29 is 14.7 Å². The summed E-state index contributed by atoms with van der Waals surface area (Å²) in [6.07, 6.45) is 1.51. The van der Waals surface area contributed by atoms with Crippen molar-refractivity contribution in [1.82, 2.24) is 5.32 Å². The Bertz CT molecular complexity index is 286. The molecule has 12 heavy (non-hydrogen) atoms. The molecule has 0 aliphatic carbocycles. The Morgan fingerprint density at radius 1 is 1.67 bits per heavy atom. The maximum absolute atomic E-state index is 10.5. The van der Waals surface area contributed by atoms with E-state index in [4.69, 9.17) is 0 Å². The summed E-state index contributed by atoms with van der Waals surface area (Å²) in [6, 6.07) is 5.23. The third kappa shape index (κ3) is 2.23. The highest BCUT2D eigenvalue weighted by Crippen LogP contribution is 1.88. The van der Waals surface area contributed by atoms with Gasteiger partial charge in [0.1, 0.15) is 6.54 Å². The zero-order valence-corrected chi connectivity index (χ0v) is 6.82. The molecular formula is C8H11N2O2+. The number of pyridine rings is 1. The molecule has 1 aromatic heterocycles. The predicted octanol–water partition coefficient (Wildman–Crippen LogP) is -0.153. The van der Waals surface area contributed by atoms with Gasteiger partial charge in [-0.1, -0.05) is 0 Å². The van der Waals surface area contributed by atoms with Crippen molar-refractivity contribution in [2.24, 2.45) is 0 Å². The van der Waals surface area contributed by atoms with Crippen LogP contribution in [0.3, 0.4) is 0 Å². The van der Waals surface area contributed by atoms with E-state index in [-0.39, 0.29) is 5.91 Å². The maximum atomic E-state index is 10.5. The van der Waals surface area contributed by atoms with Crippen molar-refractivity contribution in [2.45, 2.75) is 13.5 Å². The molecule has 1 aromatic rings. The number of nitrogens with zero attached hydrogens (tertiary/aromatic N) is 1. The van der Waals surface area contributed by atoms with Gasteiger partial charge < -0.3 is 5.32 Å². The van der Waals surface area contributed by atoms with Gasteiger partial charge in [-0.3, -0.25) is 10.0 Å². The fourth-order valence-electron chi connectivity index (χ4n) is 0.825. The first-order valence-corrected chi connectivity index (χ1v) is 3.63. The van der Waals surface area contributed by atoms with Crippen LogP contribution in [0.5, 0.6) is 0 Å². The molecule has 0 aliphatic rings. The number of amides is 1. The fourth-order valence-corrected chi connectivity index (χ4v) is 0.825. The first kappa shape index (κ1) is 8.52. The minimum atomic E-state index is -0.112. The first-order valence-electron chi connectivity index (χ1n) is 3.63. The number of carbonyl (C=O) groups excluding carboxylic acids is 1. The summed E-state index contributed by atoms with van der Waals surface area (Å²) < 4.78 is 0.982. The number of carbonyl (C=O) groups is 1. The van der Waals surface area contributed by atoms with Crippen molar-refractivity contribution in [2.75, 3.05) is 0 Å². The number of rotatable bonds is 2. The lowest BCUT2D eigenvalue weighted by Gasteiger charge is -1.96. The second-order valence-corrected chi connectivity index (χ2v) is 2.45. The van der Waals surface area contributed by atoms with Gasteiger partial charge in [-0.15, -0.1) is 0 Å². The lowest BCUT2D eigenvalue weighted by atomic mass is 10.3. The quantitative estimate of drug-likeness (QED) is 0.475. The van der Waals surface area contributed by atoms with Crippen molar-refractivity contribution in [1.29, 1.82) is 0 Å². The van der Waals surface area contributed by atoms with Gasteiger partial charge in [0.25, 0.3) is 5.69 Å². The molecule has 0 aromatic carbocycles. The van der Waals surface area contributed by atoms with Crippen LogP contribution in [0, 0.1) is 0 Å². The van der Waals surface area contributed by atoms with E-state index in [2.05, 4.69) is 5.32 Å². The highest BCUT2D eigenvalue weighted by molar-refractivity contribution is 5.72. The SMILES string of the molecule is CC(=O)NCc1cccc[n+]1O. The molecule has 0 fully saturated rings. The molecule has 0 radical (unpaired) electrons. The lowest BCUT2D eigenvalue weighted by Crippen LogP contribution is -2.37. The maximum Gasteiger partial charge on any atom is 0.253 e. The summed E-state index contributed by atoms with van der Waals surface area (Å²) in [5.74, 6) is -0.112. The molecular weight excluding hydrogens is 156 g/mol. The topological polar surface area (TPSA) is 53.2 Å². The summed E-state index contributed by atoms with van der Waals surface area (Å²) >= 11 is 0. The largest absolute Gasteiger partial charge is 0.346 e. The van der Waals surface area contributed by atoms with Crippen LogP contribution in [-0.2, 0) is 11.3 Å². The zero-order chi connectivity index (χ0) is 8.97. The monoisotopic (exact) mass is 167 g/mol. The van der Waals surface area contributed by atoms with E-state index >= 15 is 0 Å². The molecule has 4 heteroatoms. The lowest BCUT2D eigenvalue weighted by molar-refractivity contribution is -0.909. The van der Waals surface area contributed by atoms with Gasteiger partial charge in [0, 0.05) is 23.8 Å². The molecule has 4 nitrogen and oxygen atoms in total. The van der Waals surface area contributed by atoms with E-state index in [1.165, 1.54) is 13.1 Å². The number of aromatic nitrogens is 1. The van der Waals surface area contributed by atoms with Crippen LogP contribution in [0.15, 0.2) is 24.4 Å². The number of hydrogen-bond acceptors (Lipinski definition) is 2. The highest BCUT2D eigenvalue weighted by Gasteiger charge is 2.07. The summed E-state index contributed by atoms with van der Waals surface area (Å²) in [5, 5.41) is 11.8. The third-order valence-electron chi connectivity index (χ3n) is 1.44. The van der Waals surface area contributed by atoms with Crippen LogP contribution in [0.25, 0.3) is 0 Å². The molecule has 64 valence electrons. The normalized spacial score (nSPS) is 9.42. The molecule has 1 rings (SSSR count). The van der Waals surface area contributed by atoms with Gasteiger partial charge in [0.2, 0.25) is 12.1 Å². The van der Waals surface area contributed by atoms with Gasteiger partial charge >= 0.3 is 0 Å². The van der Waals surface area contributed by atoms with Crippen molar-refractivity contribution in [3.05, 3.63) is 30.1 Å². The van der Waals surface area contributed by atoms with Crippen molar-refractivity contribution >= 4 is 5.91 Å². The van der Waals surface area contributed by atoms with Crippen LogP contribution < -0.4 is 10.0 Å². The Morgan fingerprint density at radius 2 is 2.42 bits per heavy atom. The minimum Gasteiger partial charge on any atom is -0.346 e. The third-order valence-corrected chi connectivity index (χ3v) is 1.44. The summed E-state index contributed by atoms with van der Waals surface area (Å²) in [4.78, 5) is 10.5. The summed E-state index contributed by atoms with van der Waals surface area (Å²) in [6.45, 7) is 1.78. The van der Waals surface area contributed by atoms with Crippen LogP contribution in [0.4, 0.5) is 0 Å². The Labute approximate surface area is 70.4 Å². The smallest absolute Gasteiger partial charge is 0.253 e. The number of hydrogen-bond donors (Lipinski definition) is 2. The fraction of sp³-hybridized carbons (Fsp3) is 0.250. The van der Waals surface area contributed by atoms with E-state index in [1.807, 2.05) is 0 Å². The van der Waals surface area contributed by atoms with Crippen LogP contribution in [0.1, 0.15) is 12.6 Å². The summed E-state index contributed by atoms with van der Waals surface area (Å²) in [5.41, 5.74) is 0.646. The Balaban J connectivity index is 2.63. The van der Waals surface area contributed by atoms with Crippen LogP contribution >= 0.6 is 0 Å². The molecule has 0 saturated carbocycles. The van der Waals surface area contributed by atoms with E-state index in [1.54, 1.807) is 18.2 Å². The number of nitrogens with one attached hydrogen (secondary N) is 1. The molecule has 0 unspecified atom stereocenters. The average Bonchev–Trinajstić information content (AvgIpc) is 2.03. The zero-order valence-electron chi connectivity index (χ0n) is 6.82. The van der Waals surface area contributed by atoms with E-state index in [0.29, 0.717) is 12.2 Å². The highest BCUT2D eigenvalue weighted by atomic mass is 16.5. The second-order valence-electron chi connectivity index (χ2n) is 2.45. The van der Waals surface area contributed by atoms with Gasteiger partial charge in [-0.2, -0.15) is 0 Å². The molecule has 2 N–H and O–H groups in total. The molecule has 0 aliphatic heterocycles. The van der Waals surface area contributed by atoms with Crippen molar-refractivity contribution in [3.8, 4) is 0 Å². The Kier molecular flexibility index (Phi) is 2.63. The Morgan fingerprint density at radius 3 is 3.00 bits per heavy atom. The summed E-state index contributed by atoms with van der Waals surface area (Å²) in [7, 11) is 0. The van der Waals surface area contributed by atoms with Gasteiger partial charge in [-0.05, 0) is 6.07 Å². The van der Waals surface area contributed by atoms with E-state index < -0.39 is 0 Å². The van der Waals surface area contributed by atoms with Crippen LogP contribution in [-0.4, -0.2) is 11.1 Å². The minimum absolute atomic E-state index is 0.112. The predicted molar refractivity (Wildman–Crippen MR) is 41.3 cm³/mol. The van der Waals surface area contributed by atoms with Gasteiger partial charge in [0.15, 0.2) is 0 Å². The van der Waals surface area contributed by atoms with Crippen LogP contribution in [0.2, 0.25) is 0 Å².